The van der Waals surface area contributed by atoms with E-state index in [1.54, 1.807) is 38.2 Å². The molecule has 0 aliphatic heterocycles. The van der Waals surface area contributed by atoms with Gasteiger partial charge < -0.3 is 9.47 Å². The summed E-state index contributed by atoms with van der Waals surface area (Å²) in [5.41, 5.74) is 7.83. The summed E-state index contributed by atoms with van der Waals surface area (Å²) in [6, 6.07) is 0. The fraction of sp³-hybridized carbons (Fsp3) is 0.588. The number of nitrogens with one attached hydrogen (secondary N) is 2. The minimum atomic E-state index is -0.103. The monoisotopic (exact) mass is 650 g/mol. The SMILES string of the molecule is CCCCCCCCOCC1=C/C(=C(/C)NO)C(=O)C=C1.CCCCCCCCOCC1=C/C(=C(\C)NO)C(=O)C=C1.[Zn]. The van der Waals surface area contributed by atoms with E-state index in [0.717, 1.165) is 37.2 Å². The summed E-state index contributed by atoms with van der Waals surface area (Å²) < 4.78 is 11.3. The van der Waals surface area contributed by atoms with Crippen molar-refractivity contribution in [2.45, 2.75) is 105 Å². The molecule has 9 heteroatoms. The molecule has 0 aromatic heterocycles. The zero-order valence-electron chi connectivity index (χ0n) is 27.0. The summed E-state index contributed by atoms with van der Waals surface area (Å²) in [4.78, 5) is 23.3. The van der Waals surface area contributed by atoms with E-state index in [1.807, 2.05) is 11.0 Å². The molecule has 43 heavy (non-hydrogen) atoms. The molecule has 0 aromatic carbocycles. The quantitative estimate of drug-likeness (QED) is 0.0467. The van der Waals surface area contributed by atoms with Crippen LogP contribution < -0.4 is 11.0 Å². The van der Waals surface area contributed by atoms with Crippen LogP contribution >= 0.6 is 0 Å². The van der Waals surface area contributed by atoms with Crippen LogP contribution in [0.3, 0.4) is 0 Å². The van der Waals surface area contributed by atoms with Crippen molar-refractivity contribution in [1.82, 2.24) is 11.0 Å². The van der Waals surface area contributed by atoms with Crippen LogP contribution in [-0.4, -0.2) is 48.4 Å². The van der Waals surface area contributed by atoms with Gasteiger partial charge in [-0.15, -0.1) is 0 Å². The molecule has 8 nitrogen and oxygen atoms in total. The molecule has 238 valence electrons. The first-order valence-electron chi connectivity index (χ1n) is 15.6. The van der Waals surface area contributed by atoms with Crippen LogP contribution in [0.15, 0.2) is 70.1 Å². The summed E-state index contributed by atoms with van der Waals surface area (Å²) in [5, 5.41) is 17.8. The van der Waals surface area contributed by atoms with Gasteiger partial charge in [-0.25, -0.2) is 0 Å². The van der Waals surface area contributed by atoms with Gasteiger partial charge in [-0.05, 0) is 62.1 Å². The Morgan fingerprint density at radius 1 is 0.605 bits per heavy atom. The van der Waals surface area contributed by atoms with Gasteiger partial charge in [0.1, 0.15) is 0 Å². The number of unbranched alkanes of at least 4 members (excludes halogenated alkanes) is 10. The van der Waals surface area contributed by atoms with E-state index < -0.39 is 0 Å². The Labute approximate surface area is 272 Å². The Morgan fingerprint density at radius 3 is 1.30 bits per heavy atom. The molecule has 4 N–H and O–H groups in total. The second-order valence-electron chi connectivity index (χ2n) is 10.8. The average molecular weight is 652 g/mol. The second kappa shape index (κ2) is 26.3. The van der Waals surface area contributed by atoms with Gasteiger partial charge in [-0.2, -0.15) is 0 Å². The van der Waals surface area contributed by atoms with Gasteiger partial charge in [-0.1, -0.05) is 90.2 Å². The third kappa shape index (κ3) is 18.3. The predicted octanol–water partition coefficient (Wildman–Crippen LogP) is 7.36. The Balaban J connectivity index is 0.000000802. The maximum absolute atomic E-state index is 11.7. The maximum Gasteiger partial charge on any atom is 0.187 e. The molecule has 0 aromatic rings. The third-order valence-electron chi connectivity index (χ3n) is 7.05. The van der Waals surface area contributed by atoms with Gasteiger partial charge in [0.25, 0.3) is 0 Å². The first-order valence-corrected chi connectivity index (χ1v) is 15.6. The van der Waals surface area contributed by atoms with Gasteiger partial charge in [0.15, 0.2) is 11.6 Å². The predicted molar refractivity (Wildman–Crippen MR) is 168 cm³/mol. The topological polar surface area (TPSA) is 117 Å². The van der Waals surface area contributed by atoms with Crippen molar-refractivity contribution in [1.29, 1.82) is 0 Å². The van der Waals surface area contributed by atoms with Gasteiger partial charge in [0, 0.05) is 55.2 Å². The minimum absolute atomic E-state index is 0. The van der Waals surface area contributed by atoms with Crippen LogP contribution in [0.1, 0.15) is 105 Å². The number of hydroxylamine groups is 2. The van der Waals surface area contributed by atoms with Crippen molar-refractivity contribution < 1.29 is 49.0 Å². The third-order valence-corrected chi connectivity index (χ3v) is 7.05. The molecular weight excluding hydrogens is 598 g/mol. The van der Waals surface area contributed by atoms with E-state index in [2.05, 4.69) is 13.8 Å². The molecular formula is C34H54N2O6Zn. The molecule has 0 atom stereocenters. The number of rotatable bonds is 20. The van der Waals surface area contributed by atoms with Crippen LogP contribution in [0.25, 0.3) is 0 Å². The molecule has 0 fully saturated rings. The Bertz CT molecular complexity index is 930. The number of ketones is 2. The summed E-state index contributed by atoms with van der Waals surface area (Å²) in [6.07, 6.45) is 25.1. The van der Waals surface area contributed by atoms with Crippen molar-refractivity contribution in [3.05, 3.63) is 70.1 Å². The molecule has 0 spiro atoms. The van der Waals surface area contributed by atoms with Crippen molar-refractivity contribution >= 4 is 11.6 Å². The van der Waals surface area contributed by atoms with Gasteiger partial charge >= 0.3 is 0 Å². The molecule has 0 heterocycles. The summed E-state index contributed by atoms with van der Waals surface area (Å²) in [5.74, 6) is -0.206. The molecule has 0 bridgehead atoms. The van der Waals surface area contributed by atoms with E-state index in [0.29, 0.717) is 35.8 Å². The van der Waals surface area contributed by atoms with Gasteiger partial charge in [-0.3, -0.25) is 31.0 Å². The number of ether oxygens (including phenoxy) is 2. The van der Waals surface area contributed by atoms with Crippen molar-refractivity contribution in [2.24, 2.45) is 0 Å². The summed E-state index contributed by atoms with van der Waals surface area (Å²) in [7, 11) is 0. The van der Waals surface area contributed by atoms with Crippen molar-refractivity contribution in [3.63, 3.8) is 0 Å². The number of hydrogen-bond donors (Lipinski definition) is 4. The fourth-order valence-electron chi connectivity index (χ4n) is 4.39. The van der Waals surface area contributed by atoms with Gasteiger partial charge in [0.05, 0.1) is 13.2 Å². The average Bonchev–Trinajstić information content (AvgIpc) is 3.00. The van der Waals surface area contributed by atoms with E-state index >= 15 is 0 Å². The van der Waals surface area contributed by atoms with Crippen LogP contribution in [0.4, 0.5) is 0 Å². The molecule has 2 aliphatic carbocycles. The van der Waals surface area contributed by atoms with Crippen LogP contribution in [0.5, 0.6) is 0 Å². The number of carbonyl (C=O) groups excluding carboxylic acids is 2. The minimum Gasteiger partial charge on any atom is -0.377 e. The molecule has 2 aliphatic rings. The first-order chi connectivity index (χ1) is 20.4. The number of allylic oxidation sites excluding steroid dienone is 8. The fourth-order valence-corrected chi connectivity index (χ4v) is 4.39. The maximum atomic E-state index is 11.7. The van der Waals surface area contributed by atoms with E-state index in [1.165, 1.54) is 76.4 Å². The van der Waals surface area contributed by atoms with Crippen LogP contribution in [0, 0.1) is 0 Å². The molecule has 0 unspecified atom stereocenters. The standard InChI is InChI=1S/2C17H27NO3.Zn/c2*1-3-4-5-6-7-8-11-21-13-15-9-10-17(19)16(12-15)14(2)18-20;/h2*9-10,12,18,20H,3-8,11,13H2,1-2H3;/b16-14+;16-14-;. The molecule has 2 rings (SSSR count). The number of carbonyl (C=O) groups is 2. The van der Waals surface area contributed by atoms with Crippen LogP contribution in [0.2, 0.25) is 0 Å². The normalized spacial score (nSPS) is 16.5. The Morgan fingerprint density at radius 2 is 0.953 bits per heavy atom. The smallest absolute Gasteiger partial charge is 0.187 e. The second-order valence-corrected chi connectivity index (χ2v) is 10.8. The molecule has 0 radical (unpaired) electrons. The van der Waals surface area contributed by atoms with Gasteiger partial charge in [0.2, 0.25) is 0 Å². The zero-order chi connectivity index (χ0) is 31.0. The zero-order valence-corrected chi connectivity index (χ0v) is 30.0. The molecule has 0 saturated heterocycles. The van der Waals surface area contributed by atoms with Crippen LogP contribution in [-0.2, 0) is 38.5 Å². The summed E-state index contributed by atoms with van der Waals surface area (Å²) in [6.45, 7) is 10.3. The Hall–Kier alpha value is -2.16. The van der Waals surface area contributed by atoms with E-state index in [-0.39, 0.29) is 31.0 Å². The van der Waals surface area contributed by atoms with E-state index in [9.17, 15) is 9.59 Å². The van der Waals surface area contributed by atoms with E-state index in [4.69, 9.17) is 19.9 Å². The first kappa shape index (κ1) is 40.8. The summed E-state index contributed by atoms with van der Waals surface area (Å²) >= 11 is 0. The molecule has 0 saturated carbocycles. The number of hydrogen-bond acceptors (Lipinski definition) is 8. The Kier molecular flexibility index (Phi) is 24.9. The largest absolute Gasteiger partial charge is 0.377 e. The van der Waals surface area contributed by atoms with Crippen molar-refractivity contribution in [2.75, 3.05) is 26.4 Å². The van der Waals surface area contributed by atoms with Crippen molar-refractivity contribution in [3.8, 4) is 0 Å². The molecule has 0 amide bonds.